The predicted molar refractivity (Wildman–Crippen MR) is 127 cm³/mol. The molecular weight excluding hydrogens is 495 g/mol. The maximum absolute atomic E-state index is 13.2. The summed E-state index contributed by atoms with van der Waals surface area (Å²) in [6, 6.07) is 6.18. The highest BCUT2D eigenvalue weighted by atomic mass is 19.4. The van der Waals surface area contributed by atoms with Crippen molar-refractivity contribution in [1.82, 2.24) is 15.6 Å². The van der Waals surface area contributed by atoms with E-state index in [1.54, 1.807) is 19.1 Å². The van der Waals surface area contributed by atoms with Gasteiger partial charge in [0, 0.05) is 30.4 Å². The number of nitrogens with one attached hydrogen (secondary N) is 3. The first-order valence-corrected chi connectivity index (χ1v) is 11.1. The molecule has 10 nitrogen and oxygen atoms in total. The zero-order valence-corrected chi connectivity index (χ0v) is 20.4. The molecular formula is C24H28F3N5O5. The van der Waals surface area contributed by atoms with Gasteiger partial charge in [-0.25, -0.2) is 4.98 Å². The Morgan fingerprint density at radius 3 is 2.68 bits per heavy atom. The van der Waals surface area contributed by atoms with Crippen molar-refractivity contribution in [2.24, 2.45) is 0 Å². The zero-order valence-electron chi connectivity index (χ0n) is 20.4. The first-order valence-electron chi connectivity index (χ1n) is 11.1. The van der Waals surface area contributed by atoms with Crippen LogP contribution in [0.25, 0.3) is 0 Å². The molecule has 1 aromatic heterocycles. The summed E-state index contributed by atoms with van der Waals surface area (Å²) in [6.45, 7) is 3.22. The van der Waals surface area contributed by atoms with E-state index in [0.717, 1.165) is 18.8 Å². The van der Waals surface area contributed by atoms with Crippen LogP contribution >= 0.6 is 0 Å². The molecule has 37 heavy (non-hydrogen) atoms. The SMILES string of the molecule is CNCC1CNC(C(=O)O)CO1.COc1ccc(C#N)cc1[C@H](C)Nc1ncc(C=O)cc1C(F)(F)F. The number of anilines is 1. The lowest BCUT2D eigenvalue weighted by Crippen LogP contribution is -2.52. The van der Waals surface area contributed by atoms with E-state index in [9.17, 15) is 22.8 Å². The summed E-state index contributed by atoms with van der Waals surface area (Å²) in [6.07, 6.45) is -3.23. The number of carbonyl (C=O) groups excluding carboxylic acids is 1. The largest absolute Gasteiger partial charge is 0.496 e. The van der Waals surface area contributed by atoms with Gasteiger partial charge in [-0.1, -0.05) is 0 Å². The van der Waals surface area contributed by atoms with Crippen LogP contribution in [0.5, 0.6) is 5.75 Å². The number of carboxylic acids is 1. The molecule has 2 heterocycles. The second-order valence-corrected chi connectivity index (χ2v) is 8.03. The molecule has 0 saturated carbocycles. The number of aliphatic carboxylic acids is 1. The standard InChI is InChI=1S/C17H14F3N3O2.C7H14N2O3/c1-10(13-5-11(7-21)3-4-15(13)25-2)23-16-14(17(18,19)20)6-12(9-24)8-22-16;1-8-2-5-3-9-6(4-12-5)7(10)11/h3-6,8-10H,1-2H3,(H,22,23);5-6,8-9H,2-4H2,1H3,(H,10,11)/t10-;/m0./s1. The van der Waals surface area contributed by atoms with Gasteiger partial charge in [0.05, 0.1) is 43.1 Å². The molecule has 1 saturated heterocycles. The molecule has 0 spiro atoms. The second-order valence-electron chi connectivity index (χ2n) is 8.03. The van der Waals surface area contributed by atoms with Crippen LogP contribution in [-0.4, -0.2) is 68.3 Å². The highest BCUT2D eigenvalue weighted by molar-refractivity contribution is 5.75. The van der Waals surface area contributed by atoms with Crippen molar-refractivity contribution in [3.05, 3.63) is 52.7 Å². The first kappa shape index (κ1) is 29.5. The van der Waals surface area contributed by atoms with Crippen molar-refractivity contribution in [3.63, 3.8) is 0 Å². The summed E-state index contributed by atoms with van der Waals surface area (Å²) in [7, 11) is 3.27. The van der Waals surface area contributed by atoms with E-state index in [1.807, 2.05) is 13.1 Å². The minimum atomic E-state index is -4.67. The Bertz CT molecular complexity index is 1110. The number of alkyl halides is 3. The summed E-state index contributed by atoms with van der Waals surface area (Å²) >= 11 is 0. The number of rotatable bonds is 8. The van der Waals surface area contributed by atoms with Gasteiger partial charge < -0.3 is 25.2 Å². The van der Waals surface area contributed by atoms with Gasteiger partial charge in [0.15, 0.2) is 6.29 Å². The lowest BCUT2D eigenvalue weighted by molar-refractivity contribution is -0.144. The summed E-state index contributed by atoms with van der Waals surface area (Å²) in [5, 5.41) is 26.1. The molecule has 2 aromatic rings. The number of nitrogens with zero attached hydrogens (tertiary/aromatic N) is 2. The molecule has 3 rings (SSSR count). The molecule has 1 aromatic carbocycles. The molecule has 0 bridgehead atoms. The molecule has 13 heteroatoms. The van der Waals surface area contributed by atoms with Crippen LogP contribution in [0, 0.1) is 11.3 Å². The van der Waals surface area contributed by atoms with Crippen LogP contribution in [0.1, 0.15) is 40.0 Å². The zero-order chi connectivity index (χ0) is 27.6. The van der Waals surface area contributed by atoms with Gasteiger partial charge >= 0.3 is 12.1 Å². The van der Waals surface area contributed by atoms with Crippen molar-refractivity contribution in [1.29, 1.82) is 5.26 Å². The fourth-order valence-electron chi connectivity index (χ4n) is 3.44. The average molecular weight is 524 g/mol. The van der Waals surface area contributed by atoms with Crippen molar-refractivity contribution < 1.29 is 37.3 Å². The number of nitriles is 1. The average Bonchev–Trinajstić information content (AvgIpc) is 2.88. The Hall–Kier alpha value is -3.73. The van der Waals surface area contributed by atoms with Crippen LogP contribution in [0.3, 0.4) is 0 Å². The number of halogens is 3. The minimum absolute atomic E-state index is 0.0885. The number of benzene rings is 1. The number of methoxy groups -OCH3 is 1. The molecule has 200 valence electrons. The van der Waals surface area contributed by atoms with E-state index >= 15 is 0 Å². The molecule has 2 unspecified atom stereocenters. The van der Waals surface area contributed by atoms with E-state index in [4.69, 9.17) is 19.8 Å². The van der Waals surface area contributed by atoms with Gasteiger partial charge in [-0.3, -0.25) is 14.9 Å². The fourth-order valence-corrected chi connectivity index (χ4v) is 3.44. The molecule has 1 aliphatic heterocycles. The van der Waals surface area contributed by atoms with Crippen LogP contribution in [0.2, 0.25) is 0 Å². The van der Waals surface area contributed by atoms with Crippen LogP contribution in [0.15, 0.2) is 30.5 Å². The van der Waals surface area contributed by atoms with Crippen LogP contribution in [0.4, 0.5) is 19.0 Å². The number of hydrogen-bond acceptors (Lipinski definition) is 9. The maximum atomic E-state index is 13.2. The van der Waals surface area contributed by atoms with Crippen molar-refractivity contribution in [3.8, 4) is 11.8 Å². The number of pyridine rings is 1. The number of likely N-dealkylation sites (N-methyl/N-ethyl adjacent to an activating group) is 1. The van der Waals surface area contributed by atoms with Crippen molar-refractivity contribution >= 4 is 18.1 Å². The molecule has 0 aliphatic carbocycles. The molecule has 1 aliphatic rings. The number of aromatic nitrogens is 1. The van der Waals surface area contributed by atoms with Gasteiger partial charge in [-0.2, -0.15) is 18.4 Å². The third-order valence-corrected chi connectivity index (χ3v) is 5.35. The molecule has 4 N–H and O–H groups in total. The van der Waals surface area contributed by atoms with E-state index < -0.39 is 35.6 Å². The monoisotopic (exact) mass is 523 g/mol. The number of carboxylic acid groups (broad SMARTS) is 1. The van der Waals surface area contributed by atoms with Crippen LogP contribution < -0.4 is 20.7 Å². The Kier molecular flexibility index (Phi) is 10.8. The summed E-state index contributed by atoms with van der Waals surface area (Å²) < 4.78 is 50.1. The van der Waals surface area contributed by atoms with Crippen LogP contribution in [-0.2, 0) is 15.7 Å². The number of hydrogen-bond donors (Lipinski definition) is 4. The normalized spacial score (nSPS) is 18.0. The quantitative estimate of drug-likeness (QED) is 0.381. The molecule has 3 atom stereocenters. The second kappa shape index (κ2) is 13.5. The highest BCUT2D eigenvalue weighted by Crippen LogP contribution is 2.36. The van der Waals surface area contributed by atoms with Gasteiger partial charge in [0.25, 0.3) is 0 Å². The topological polar surface area (TPSA) is 146 Å². The molecule has 0 radical (unpaired) electrons. The highest BCUT2D eigenvalue weighted by Gasteiger charge is 2.35. The van der Waals surface area contributed by atoms with Crippen molar-refractivity contribution in [2.45, 2.75) is 31.3 Å². The maximum Gasteiger partial charge on any atom is 0.419 e. The summed E-state index contributed by atoms with van der Waals surface area (Å²) in [5.41, 5.74) is -0.352. The Labute approximate surface area is 211 Å². The van der Waals surface area contributed by atoms with E-state index in [-0.39, 0.29) is 18.3 Å². The molecule has 0 amide bonds. The summed E-state index contributed by atoms with van der Waals surface area (Å²) in [4.78, 5) is 24.9. The van der Waals surface area contributed by atoms with Gasteiger partial charge in [-0.05, 0) is 38.2 Å². The number of morpholine rings is 1. The van der Waals surface area contributed by atoms with E-state index in [0.29, 0.717) is 29.7 Å². The smallest absolute Gasteiger partial charge is 0.419 e. The van der Waals surface area contributed by atoms with E-state index in [1.165, 1.54) is 13.2 Å². The predicted octanol–water partition coefficient (Wildman–Crippen LogP) is 2.61. The minimum Gasteiger partial charge on any atom is -0.496 e. The first-order chi connectivity index (χ1) is 17.5. The third kappa shape index (κ3) is 8.42. The molecule has 1 fully saturated rings. The van der Waals surface area contributed by atoms with Gasteiger partial charge in [-0.15, -0.1) is 0 Å². The van der Waals surface area contributed by atoms with Crippen molar-refractivity contribution in [2.75, 3.05) is 39.2 Å². The lowest BCUT2D eigenvalue weighted by Gasteiger charge is -2.27. The Morgan fingerprint density at radius 1 is 1.43 bits per heavy atom. The van der Waals surface area contributed by atoms with Gasteiger partial charge in [0.1, 0.15) is 17.6 Å². The van der Waals surface area contributed by atoms with E-state index in [2.05, 4.69) is 20.9 Å². The Morgan fingerprint density at radius 2 is 2.16 bits per heavy atom. The van der Waals surface area contributed by atoms with Gasteiger partial charge in [0.2, 0.25) is 0 Å². The number of carbonyl (C=O) groups is 2. The summed E-state index contributed by atoms with van der Waals surface area (Å²) in [5.74, 6) is -0.829. The number of aldehydes is 1. The third-order valence-electron chi connectivity index (χ3n) is 5.35. The Balaban J connectivity index is 0.000000335. The fraction of sp³-hybridized carbons (Fsp3) is 0.417. The number of ether oxygens (including phenoxy) is 2. The lowest BCUT2D eigenvalue weighted by atomic mass is 10.0.